The molecule has 0 bridgehead atoms. The van der Waals surface area contributed by atoms with Crippen LogP contribution in [0.2, 0.25) is 0 Å². The minimum Gasteiger partial charge on any atom is -0.520 e. The average molecular weight is 517 g/mol. The van der Waals surface area contributed by atoms with Gasteiger partial charge in [-0.1, -0.05) is 41.9 Å². The molecule has 4 aromatic rings. The zero-order valence-corrected chi connectivity index (χ0v) is 15.9. The zero-order valence-electron chi connectivity index (χ0n) is 13.7. The van der Waals surface area contributed by atoms with E-state index in [0.717, 1.165) is 39.0 Å². The van der Waals surface area contributed by atoms with Crippen molar-refractivity contribution in [1.82, 2.24) is 4.98 Å². The van der Waals surface area contributed by atoms with Crippen molar-refractivity contribution in [2.24, 2.45) is 0 Å². The Balaban J connectivity index is 0.00000168. The predicted octanol–water partition coefficient (Wildman–Crippen LogP) is 3.87. The van der Waals surface area contributed by atoms with Gasteiger partial charge in [0, 0.05) is 27.3 Å². The molecule has 0 N–H and O–H groups in total. The van der Waals surface area contributed by atoms with E-state index in [4.69, 9.17) is 9.31 Å². The predicted molar refractivity (Wildman–Crippen MR) is 99.1 cm³/mol. The van der Waals surface area contributed by atoms with Crippen molar-refractivity contribution >= 4 is 23.4 Å². The first kappa shape index (κ1) is 16.9. The van der Waals surface area contributed by atoms with Crippen LogP contribution in [0.1, 0.15) is 0 Å². The number of aromatic nitrogens is 1. The van der Waals surface area contributed by atoms with Crippen LogP contribution in [0.15, 0.2) is 79.0 Å². The van der Waals surface area contributed by atoms with Gasteiger partial charge in [0.15, 0.2) is 0 Å². The molecule has 0 atom stereocenters. The molecule has 0 spiro atoms. The standard InChI is InChI=1S/C21H13BNO2.Pt/c1-2-9-18-15(6-1)12-13-23-21(18)16-7-5-8-17(14-16)22-24-19-10-3-4-11-20(19)25-22;/h1-6,8-14H;/q-1;. The summed E-state index contributed by atoms with van der Waals surface area (Å²) < 4.78 is 11.8. The van der Waals surface area contributed by atoms with Crippen molar-refractivity contribution in [2.75, 3.05) is 0 Å². The maximum Gasteiger partial charge on any atom is 0.613 e. The van der Waals surface area contributed by atoms with Gasteiger partial charge in [-0.25, -0.2) is 0 Å². The van der Waals surface area contributed by atoms with Crippen LogP contribution in [0.25, 0.3) is 22.0 Å². The van der Waals surface area contributed by atoms with Crippen molar-refractivity contribution < 1.29 is 30.4 Å². The van der Waals surface area contributed by atoms with Crippen molar-refractivity contribution in [3.63, 3.8) is 0 Å². The fraction of sp³-hybridized carbons (Fsp3) is 0. The first-order valence-corrected chi connectivity index (χ1v) is 8.16. The van der Waals surface area contributed by atoms with Crippen molar-refractivity contribution in [3.05, 3.63) is 85.1 Å². The van der Waals surface area contributed by atoms with Gasteiger partial charge in [0.05, 0.1) is 0 Å². The molecule has 2 heterocycles. The molecule has 1 aromatic heterocycles. The summed E-state index contributed by atoms with van der Waals surface area (Å²) in [6, 6.07) is 27.1. The number of nitrogens with zero attached hydrogens (tertiary/aromatic N) is 1. The zero-order chi connectivity index (χ0) is 16.6. The molecular weight excluding hydrogens is 504 g/mol. The van der Waals surface area contributed by atoms with Crippen molar-refractivity contribution in [2.45, 2.75) is 0 Å². The number of para-hydroxylation sites is 2. The Hall–Kier alpha value is -2.58. The van der Waals surface area contributed by atoms with Crippen LogP contribution in [0.5, 0.6) is 11.5 Å². The fourth-order valence-electron chi connectivity index (χ4n) is 3.14. The van der Waals surface area contributed by atoms with Gasteiger partial charge in [0.1, 0.15) is 11.5 Å². The monoisotopic (exact) mass is 517 g/mol. The van der Waals surface area contributed by atoms with Crippen LogP contribution in [0.4, 0.5) is 0 Å². The first-order valence-electron chi connectivity index (χ1n) is 8.16. The molecule has 3 nitrogen and oxygen atoms in total. The van der Waals surface area contributed by atoms with Gasteiger partial charge in [-0.05, 0) is 34.7 Å². The Bertz CT molecular complexity index is 1060. The van der Waals surface area contributed by atoms with Gasteiger partial charge < -0.3 is 14.3 Å². The van der Waals surface area contributed by atoms with Gasteiger partial charge in [-0.3, -0.25) is 0 Å². The third-order valence-electron chi connectivity index (χ3n) is 4.34. The van der Waals surface area contributed by atoms with E-state index in [1.54, 1.807) is 0 Å². The van der Waals surface area contributed by atoms with Crippen LogP contribution >= 0.6 is 0 Å². The molecule has 1 aliphatic heterocycles. The van der Waals surface area contributed by atoms with E-state index >= 15 is 0 Å². The van der Waals surface area contributed by atoms with Crippen LogP contribution < -0.4 is 14.8 Å². The molecule has 26 heavy (non-hydrogen) atoms. The number of hydrogen-bond donors (Lipinski definition) is 0. The van der Waals surface area contributed by atoms with Gasteiger partial charge >= 0.3 is 7.12 Å². The Kier molecular flexibility index (Phi) is 4.52. The molecule has 0 unspecified atom stereocenters. The number of rotatable bonds is 2. The molecular formula is C21H13BNO2Pt-. The quantitative estimate of drug-likeness (QED) is 0.299. The number of pyridine rings is 1. The molecule has 1 aliphatic rings. The topological polar surface area (TPSA) is 31.4 Å². The average Bonchev–Trinajstić information content (AvgIpc) is 3.12. The molecule has 0 saturated carbocycles. The minimum absolute atomic E-state index is 0. The van der Waals surface area contributed by atoms with Gasteiger partial charge in [-0.15, -0.1) is 29.8 Å². The molecule has 0 fully saturated rings. The summed E-state index contributed by atoms with van der Waals surface area (Å²) >= 11 is 0. The number of benzene rings is 3. The van der Waals surface area contributed by atoms with Crippen LogP contribution in [0.3, 0.4) is 0 Å². The molecule has 0 aliphatic carbocycles. The van der Waals surface area contributed by atoms with Crippen molar-refractivity contribution in [1.29, 1.82) is 0 Å². The second kappa shape index (κ2) is 6.97. The normalized spacial score (nSPS) is 12.1. The van der Waals surface area contributed by atoms with Gasteiger partial charge in [0.2, 0.25) is 0 Å². The molecule has 0 saturated heterocycles. The largest absolute Gasteiger partial charge is 0.613 e. The maximum atomic E-state index is 5.91. The third kappa shape index (κ3) is 2.91. The third-order valence-corrected chi connectivity index (χ3v) is 4.34. The summed E-state index contributed by atoms with van der Waals surface area (Å²) in [7, 11) is -0.444. The van der Waals surface area contributed by atoms with E-state index in [0.29, 0.717) is 0 Å². The van der Waals surface area contributed by atoms with E-state index in [2.05, 4.69) is 23.2 Å². The van der Waals surface area contributed by atoms with E-state index in [-0.39, 0.29) is 21.1 Å². The molecule has 0 radical (unpaired) electrons. The first-order chi connectivity index (χ1) is 12.4. The Morgan fingerprint density at radius 2 is 1.58 bits per heavy atom. The Morgan fingerprint density at radius 1 is 0.846 bits per heavy atom. The van der Waals surface area contributed by atoms with E-state index in [9.17, 15) is 0 Å². The van der Waals surface area contributed by atoms with Crippen molar-refractivity contribution in [3.8, 4) is 22.8 Å². The van der Waals surface area contributed by atoms with Gasteiger partial charge in [-0.2, -0.15) is 0 Å². The fourth-order valence-corrected chi connectivity index (χ4v) is 3.14. The second-order valence-electron chi connectivity index (χ2n) is 5.93. The van der Waals surface area contributed by atoms with E-state index in [1.807, 2.05) is 66.9 Å². The summed E-state index contributed by atoms with van der Waals surface area (Å²) in [6.07, 6.45) is 1.83. The van der Waals surface area contributed by atoms with E-state index in [1.165, 1.54) is 0 Å². The summed E-state index contributed by atoms with van der Waals surface area (Å²) in [4.78, 5) is 4.57. The Labute approximate surface area is 166 Å². The molecule has 5 rings (SSSR count). The number of hydrogen-bond acceptors (Lipinski definition) is 3. The summed E-state index contributed by atoms with van der Waals surface area (Å²) in [5.41, 5.74) is 2.78. The molecule has 5 heteroatoms. The second-order valence-corrected chi connectivity index (χ2v) is 5.93. The smallest absolute Gasteiger partial charge is 0.520 e. The maximum absolute atomic E-state index is 5.91. The molecule has 3 aromatic carbocycles. The molecule has 128 valence electrons. The summed E-state index contributed by atoms with van der Waals surface area (Å²) in [6.45, 7) is 0. The van der Waals surface area contributed by atoms with E-state index < -0.39 is 7.12 Å². The van der Waals surface area contributed by atoms with Crippen LogP contribution in [-0.2, 0) is 21.1 Å². The summed E-state index contributed by atoms with van der Waals surface area (Å²) in [5, 5.41) is 2.27. The SMILES string of the molecule is [Pt].[c-]1ccc(B2Oc3ccccc3O2)cc1-c1nccc2ccccc12. The minimum atomic E-state index is -0.444. The van der Waals surface area contributed by atoms with Crippen LogP contribution in [-0.4, -0.2) is 12.1 Å². The van der Waals surface area contributed by atoms with Gasteiger partial charge in [0.25, 0.3) is 0 Å². The Morgan fingerprint density at radius 3 is 2.38 bits per heavy atom. The molecule has 0 amide bonds. The van der Waals surface area contributed by atoms with Crippen LogP contribution in [0, 0.1) is 6.07 Å². The summed E-state index contributed by atoms with van der Waals surface area (Å²) in [5.74, 6) is 1.54. The number of fused-ring (bicyclic) bond motifs is 2.